The highest BCUT2D eigenvalue weighted by molar-refractivity contribution is 5.64. The molecule has 0 atom stereocenters. The number of H-pyrrole nitrogens is 1. The van der Waals surface area contributed by atoms with Gasteiger partial charge in [-0.3, -0.25) is 4.79 Å². The zero-order valence-electron chi connectivity index (χ0n) is 11.3. The van der Waals surface area contributed by atoms with Gasteiger partial charge in [-0.25, -0.2) is 0 Å². The SMILES string of the molecule is COc1ccc(-c2ccc(CC#N)c(=O)[nH]2)cc1OC. The van der Waals surface area contributed by atoms with Crippen molar-refractivity contribution in [2.24, 2.45) is 0 Å². The van der Waals surface area contributed by atoms with Gasteiger partial charge in [0, 0.05) is 16.8 Å². The van der Waals surface area contributed by atoms with Crippen molar-refractivity contribution < 1.29 is 9.47 Å². The van der Waals surface area contributed by atoms with Crippen LogP contribution in [-0.2, 0) is 6.42 Å². The van der Waals surface area contributed by atoms with Gasteiger partial charge >= 0.3 is 0 Å². The average molecular weight is 270 g/mol. The molecule has 2 rings (SSSR count). The zero-order valence-corrected chi connectivity index (χ0v) is 11.3. The molecule has 0 unspecified atom stereocenters. The van der Waals surface area contributed by atoms with Crippen molar-refractivity contribution in [2.75, 3.05) is 14.2 Å². The number of hydrogen-bond acceptors (Lipinski definition) is 4. The van der Waals surface area contributed by atoms with Crippen LogP contribution in [0, 0.1) is 11.3 Å². The van der Waals surface area contributed by atoms with Crippen LogP contribution >= 0.6 is 0 Å². The van der Waals surface area contributed by atoms with Gasteiger partial charge in [0.15, 0.2) is 11.5 Å². The molecule has 0 bridgehead atoms. The predicted octanol–water partition coefficient (Wildman–Crippen LogP) is 2.13. The lowest BCUT2D eigenvalue weighted by atomic mass is 10.1. The van der Waals surface area contributed by atoms with Crippen LogP contribution in [0.4, 0.5) is 0 Å². The van der Waals surface area contributed by atoms with E-state index < -0.39 is 0 Å². The lowest BCUT2D eigenvalue weighted by Gasteiger charge is -2.09. The molecule has 0 saturated heterocycles. The number of methoxy groups -OCH3 is 2. The van der Waals surface area contributed by atoms with Gasteiger partial charge in [-0.2, -0.15) is 5.26 Å². The molecular formula is C15H14N2O3. The predicted molar refractivity (Wildman–Crippen MR) is 74.9 cm³/mol. The molecule has 20 heavy (non-hydrogen) atoms. The molecule has 0 fully saturated rings. The zero-order chi connectivity index (χ0) is 14.5. The van der Waals surface area contributed by atoms with Gasteiger partial charge in [-0.05, 0) is 24.3 Å². The van der Waals surface area contributed by atoms with Gasteiger partial charge < -0.3 is 14.5 Å². The van der Waals surface area contributed by atoms with Crippen LogP contribution in [0.3, 0.4) is 0 Å². The minimum Gasteiger partial charge on any atom is -0.493 e. The van der Waals surface area contributed by atoms with Crippen molar-refractivity contribution in [1.29, 1.82) is 5.26 Å². The smallest absolute Gasteiger partial charge is 0.252 e. The lowest BCUT2D eigenvalue weighted by molar-refractivity contribution is 0.355. The molecule has 0 aliphatic heterocycles. The summed E-state index contributed by atoms with van der Waals surface area (Å²) in [6.07, 6.45) is 0.0988. The van der Waals surface area contributed by atoms with E-state index in [4.69, 9.17) is 14.7 Å². The number of aromatic amines is 1. The molecule has 1 aromatic carbocycles. The molecule has 0 amide bonds. The summed E-state index contributed by atoms with van der Waals surface area (Å²) in [6, 6.07) is 10.8. The minimum absolute atomic E-state index is 0.0988. The Morgan fingerprint density at radius 2 is 1.90 bits per heavy atom. The summed E-state index contributed by atoms with van der Waals surface area (Å²) in [6.45, 7) is 0. The van der Waals surface area contributed by atoms with E-state index in [1.165, 1.54) is 0 Å². The summed E-state index contributed by atoms with van der Waals surface area (Å²) in [5.41, 5.74) is 1.68. The highest BCUT2D eigenvalue weighted by atomic mass is 16.5. The standard InChI is InChI=1S/C15H14N2O3/c1-19-13-6-4-11(9-14(13)20-2)12-5-3-10(7-8-16)15(18)17-12/h3-6,9H,7H2,1-2H3,(H,17,18). The van der Waals surface area contributed by atoms with Gasteiger partial charge in [0.25, 0.3) is 5.56 Å². The van der Waals surface area contributed by atoms with Gasteiger partial charge in [0.05, 0.1) is 26.7 Å². The van der Waals surface area contributed by atoms with E-state index in [0.29, 0.717) is 22.8 Å². The Hall–Kier alpha value is -2.74. The fourth-order valence-corrected chi connectivity index (χ4v) is 1.90. The van der Waals surface area contributed by atoms with Crippen LogP contribution < -0.4 is 15.0 Å². The Morgan fingerprint density at radius 1 is 1.15 bits per heavy atom. The summed E-state index contributed by atoms with van der Waals surface area (Å²) >= 11 is 0. The first-order valence-corrected chi connectivity index (χ1v) is 6.01. The maximum Gasteiger partial charge on any atom is 0.252 e. The lowest BCUT2D eigenvalue weighted by Crippen LogP contribution is -2.12. The Kier molecular flexibility index (Phi) is 4.06. The third-order valence-electron chi connectivity index (χ3n) is 2.96. The molecular weight excluding hydrogens is 256 g/mol. The number of ether oxygens (including phenoxy) is 2. The number of nitriles is 1. The molecule has 1 N–H and O–H groups in total. The van der Waals surface area contributed by atoms with Gasteiger partial charge in [0.2, 0.25) is 0 Å². The fraction of sp³-hybridized carbons (Fsp3) is 0.200. The summed E-state index contributed by atoms with van der Waals surface area (Å²) in [5.74, 6) is 1.21. The summed E-state index contributed by atoms with van der Waals surface area (Å²) in [5, 5.41) is 8.62. The molecule has 5 heteroatoms. The van der Waals surface area contributed by atoms with Crippen LogP contribution in [0.15, 0.2) is 35.1 Å². The largest absolute Gasteiger partial charge is 0.493 e. The Bertz CT molecular complexity index is 714. The van der Waals surface area contributed by atoms with E-state index in [1.54, 1.807) is 38.5 Å². The number of nitrogens with one attached hydrogen (secondary N) is 1. The maximum absolute atomic E-state index is 11.8. The highest BCUT2D eigenvalue weighted by Gasteiger charge is 2.08. The number of pyridine rings is 1. The third-order valence-corrected chi connectivity index (χ3v) is 2.96. The van der Waals surface area contributed by atoms with Crippen LogP contribution in [0.2, 0.25) is 0 Å². The molecule has 0 aliphatic rings. The molecule has 2 aromatic rings. The van der Waals surface area contributed by atoms with Crippen molar-refractivity contribution in [1.82, 2.24) is 4.98 Å². The van der Waals surface area contributed by atoms with Crippen molar-refractivity contribution in [2.45, 2.75) is 6.42 Å². The summed E-state index contributed by atoms with van der Waals surface area (Å²) in [7, 11) is 3.12. The van der Waals surface area contributed by atoms with E-state index in [9.17, 15) is 4.79 Å². The minimum atomic E-state index is -0.251. The van der Waals surface area contributed by atoms with E-state index in [2.05, 4.69) is 4.98 Å². The molecule has 1 heterocycles. The van der Waals surface area contributed by atoms with E-state index in [1.807, 2.05) is 12.1 Å². The summed E-state index contributed by atoms with van der Waals surface area (Å²) < 4.78 is 10.4. The Labute approximate surface area is 116 Å². The van der Waals surface area contributed by atoms with E-state index >= 15 is 0 Å². The first kappa shape index (κ1) is 13.7. The normalized spacial score (nSPS) is 9.85. The summed E-state index contributed by atoms with van der Waals surface area (Å²) in [4.78, 5) is 14.6. The van der Waals surface area contributed by atoms with Crippen LogP contribution in [0.5, 0.6) is 11.5 Å². The second-order valence-electron chi connectivity index (χ2n) is 4.13. The van der Waals surface area contributed by atoms with Crippen molar-refractivity contribution in [3.05, 3.63) is 46.2 Å². The molecule has 102 valence electrons. The number of nitrogens with zero attached hydrogens (tertiary/aromatic N) is 1. The highest BCUT2D eigenvalue weighted by Crippen LogP contribution is 2.31. The van der Waals surface area contributed by atoms with Crippen LogP contribution in [-0.4, -0.2) is 19.2 Å². The van der Waals surface area contributed by atoms with E-state index in [0.717, 1.165) is 5.56 Å². The van der Waals surface area contributed by atoms with Crippen LogP contribution in [0.25, 0.3) is 11.3 Å². The quantitative estimate of drug-likeness (QED) is 0.923. The van der Waals surface area contributed by atoms with Crippen molar-refractivity contribution in [3.63, 3.8) is 0 Å². The fourth-order valence-electron chi connectivity index (χ4n) is 1.90. The maximum atomic E-state index is 11.8. The van der Waals surface area contributed by atoms with Gasteiger partial charge in [0.1, 0.15) is 0 Å². The number of benzene rings is 1. The monoisotopic (exact) mass is 270 g/mol. The molecule has 5 nitrogen and oxygen atoms in total. The molecule has 0 saturated carbocycles. The number of rotatable bonds is 4. The Balaban J connectivity index is 2.44. The van der Waals surface area contributed by atoms with Crippen molar-refractivity contribution in [3.8, 4) is 28.8 Å². The first-order valence-electron chi connectivity index (χ1n) is 6.01. The third kappa shape index (κ3) is 2.64. The molecule has 0 spiro atoms. The second-order valence-corrected chi connectivity index (χ2v) is 4.13. The molecule has 1 aromatic heterocycles. The van der Waals surface area contributed by atoms with E-state index in [-0.39, 0.29) is 12.0 Å². The Morgan fingerprint density at radius 3 is 2.50 bits per heavy atom. The molecule has 0 radical (unpaired) electrons. The first-order chi connectivity index (χ1) is 9.69. The molecule has 0 aliphatic carbocycles. The van der Waals surface area contributed by atoms with Crippen molar-refractivity contribution >= 4 is 0 Å². The second kappa shape index (κ2) is 5.93. The number of hydrogen-bond donors (Lipinski definition) is 1. The number of aromatic nitrogens is 1. The van der Waals surface area contributed by atoms with Gasteiger partial charge in [-0.1, -0.05) is 6.07 Å². The van der Waals surface area contributed by atoms with Crippen LogP contribution in [0.1, 0.15) is 5.56 Å². The average Bonchev–Trinajstić information content (AvgIpc) is 2.48. The van der Waals surface area contributed by atoms with Gasteiger partial charge in [-0.15, -0.1) is 0 Å². The topological polar surface area (TPSA) is 75.1 Å².